The molecular weight excluding hydrogens is 342 g/mol. The van der Waals surface area contributed by atoms with Crippen molar-refractivity contribution in [1.82, 2.24) is 15.5 Å². The summed E-state index contributed by atoms with van der Waals surface area (Å²) in [5.41, 5.74) is -0.165. The Bertz CT molecular complexity index is 575. The highest BCUT2D eigenvalue weighted by molar-refractivity contribution is 5.76. The summed E-state index contributed by atoms with van der Waals surface area (Å²) >= 11 is 0. The number of nitrogens with one attached hydrogen (secondary N) is 2. The number of carbonyl (C=O) groups is 2. The SMILES string of the molecule is CC(C)CC(=O)NC[C@H]1[C@H]2CN(C(=O)NC3CCCCC3)C[C@]23CC[C@H]1O3. The third-order valence-corrected chi connectivity index (χ3v) is 7.13. The van der Waals surface area contributed by atoms with Crippen molar-refractivity contribution in [2.45, 2.75) is 83.0 Å². The van der Waals surface area contributed by atoms with Crippen molar-refractivity contribution in [3.8, 4) is 0 Å². The average molecular weight is 378 g/mol. The van der Waals surface area contributed by atoms with Crippen LogP contribution in [0.2, 0.25) is 0 Å². The van der Waals surface area contributed by atoms with Crippen molar-refractivity contribution < 1.29 is 14.3 Å². The molecule has 1 spiro atoms. The van der Waals surface area contributed by atoms with E-state index >= 15 is 0 Å². The highest BCUT2D eigenvalue weighted by Crippen LogP contribution is 2.54. The van der Waals surface area contributed by atoms with Gasteiger partial charge in [-0.3, -0.25) is 4.79 Å². The fourth-order valence-electron chi connectivity index (χ4n) is 5.81. The Hall–Kier alpha value is -1.30. The molecule has 4 fully saturated rings. The van der Waals surface area contributed by atoms with E-state index in [1.807, 2.05) is 4.90 Å². The van der Waals surface area contributed by atoms with E-state index in [2.05, 4.69) is 24.5 Å². The van der Waals surface area contributed by atoms with Crippen LogP contribution >= 0.6 is 0 Å². The first-order chi connectivity index (χ1) is 13.0. The molecular formula is C21H35N3O3. The first-order valence-corrected chi connectivity index (χ1v) is 11.0. The minimum Gasteiger partial charge on any atom is -0.369 e. The number of nitrogens with zero attached hydrogens (tertiary/aromatic N) is 1. The van der Waals surface area contributed by atoms with Crippen LogP contribution in [0.25, 0.3) is 0 Å². The van der Waals surface area contributed by atoms with Crippen LogP contribution in [0.3, 0.4) is 0 Å². The van der Waals surface area contributed by atoms with E-state index in [1.54, 1.807) is 0 Å². The van der Waals surface area contributed by atoms with Crippen LogP contribution in [0.5, 0.6) is 0 Å². The number of carbonyl (C=O) groups excluding carboxylic acids is 2. The molecule has 2 N–H and O–H groups in total. The van der Waals surface area contributed by atoms with Gasteiger partial charge < -0.3 is 20.3 Å². The molecule has 6 heteroatoms. The Kier molecular flexibility index (Phi) is 5.36. The van der Waals surface area contributed by atoms with Crippen LogP contribution in [0.15, 0.2) is 0 Å². The molecule has 3 saturated heterocycles. The van der Waals surface area contributed by atoms with Gasteiger partial charge in [-0.05, 0) is 31.6 Å². The number of hydrogen-bond donors (Lipinski definition) is 2. The van der Waals surface area contributed by atoms with Gasteiger partial charge in [0.05, 0.1) is 18.2 Å². The topological polar surface area (TPSA) is 70.7 Å². The van der Waals surface area contributed by atoms with Gasteiger partial charge in [-0.15, -0.1) is 0 Å². The maximum absolute atomic E-state index is 12.8. The molecule has 6 nitrogen and oxygen atoms in total. The molecule has 1 aliphatic carbocycles. The number of ether oxygens (including phenoxy) is 1. The Balaban J connectivity index is 1.34. The number of urea groups is 1. The number of hydrogen-bond acceptors (Lipinski definition) is 3. The van der Waals surface area contributed by atoms with Gasteiger partial charge in [-0.25, -0.2) is 4.79 Å². The fraction of sp³-hybridized carbons (Fsp3) is 0.905. The number of amides is 3. The van der Waals surface area contributed by atoms with E-state index in [0.717, 1.165) is 32.2 Å². The van der Waals surface area contributed by atoms with Gasteiger partial charge in [0.25, 0.3) is 0 Å². The third-order valence-electron chi connectivity index (χ3n) is 7.13. The zero-order chi connectivity index (χ0) is 19.0. The molecule has 3 aliphatic heterocycles. The maximum Gasteiger partial charge on any atom is 0.317 e. The maximum atomic E-state index is 12.8. The Morgan fingerprint density at radius 1 is 1.19 bits per heavy atom. The van der Waals surface area contributed by atoms with Crippen molar-refractivity contribution in [3.63, 3.8) is 0 Å². The van der Waals surface area contributed by atoms with E-state index in [1.165, 1.54) is 19.3 Å². The Morgan fingerprint density at radius 2 is 1.96 bits per heavy atom. The summed E-state index contributed by atoms with van der Waals surface area (Å²) in [7, 11) is 0. The Labute approximate surface area is 162 Å². The largest absolute Gasteiger partial charge is 0.369 e. The summed E-state index contributed by atoms with van der Waals surface area (Å²) in [6, 6.07) is 0.424. The average Bonchev–Trinajstić information content (AvgIpc) is 3.28. The fourth-order valence-corrected chi connectivity index (χ4v) is 5.81. The van der Waals surface area contributed by atoms with Crippen molar-refractivity contribution in [3.05, 3.63) is 0 Å². The van der Waals surface area contributed by atoms with Crippen LogP contribution in [0.4, 0.5) is 4.79 Å². The van der Waals surface area contributed by atoms with Crippen molar-refractivity contribution in [2.75, 3.05) is 19.6 Å². The summed E-state index contributed by atoms with van der Waals surface area (Å²) in [5.74, 6) is 1.19. The highest BCUT2D eigenvalue weighted by atomic mass is 16.5. The van der Waals surface area contributed by atoms with Gasteiger partial charge in [-0.2, -0.15) is 0 Å². The Morgan fingerprint density at radius 3 is 2.70 bits per heavy atom. The lowest BCUT2D eigenvalue weighted by Crippen LogP contribution is -2.46. The first kappa shape index (κ1) is 19.0. The smallest absolute Gasteiger partial charge is 0.317 e. The summed E-state index contributed by atoms with van der Waals surface area (Å²) in [6.07, 6.45) is 8.88. The molecule has 1 saturated carbocycles. The van der Waals surface area contributed by atoms with E-state index in [9.17, 15) is 9.59 Å². The monoisotopic (exact) mass is 377 g/mol. The molecule has 0 radical (unpaired) electrons. The quantitative estimate of drug-likeness (QED) is 0.774. The lowest BCUT2D eigenvalue weighted by Gasteiger charge is -2.29. The summed E-state index contributed by atoms with van der Waals surface area (Å²) < 4.78 is 6.41. The van der Waals surface area contributed by atoms with E-state index in [0.29, 0.717) is 43.3 Å². The zero-order valence-electron chi connectivity index (χ0n) is 16.8. The lowest BCUT2D eigenvalue weighted by molar-refractivity contribution is -0.122. The third kappa shape index (κ3) is 3.82. The minimum atomic E-state index is -0.165. The second kappa shape index (κ2) is 7.61. The predicted molar refractivity (Wildman–Crippen MR) is 103 cm³/mol. The predicted octanol–water partition coefficient (Wildman–Crippen LogP) is 2.67. The molecule has 0 aromatic rings. The normalized spacial score (nSPS) is 35.5. The number of fused-ring (bicyclic) bond motifs is 1. The number of rotatable bonds is 5. The second-order valence-corrected chi connectivity index (χ2v) is 9.60. The summed E-state index contributed by atoms with van der Waals surface area (Å²) in [6.45, 7) is 6.29. The molecule has 4 atom stereocenters. The molecule has 0 unspecified atom stereocenters. The molecule has 3 heterocycles. The van der Waals surface area contributed by atoms with Crippen LogP contribution in [0.1, 0.15) is 65.2 Å². The van der Waals surface area contributed by atoms with E-state index < -0.39 is 0 Å². The van der Waals surface area contributed by atoms with E-state index in [-0.39, 0.29) is 23.6 Å². The standard InChI is InChI=1S/C21H35N3O3/c1-14(2)10-19(25)22-11-16-17-12-24(13-21(17)9-8-18(16)27-21)20(26)23-15-6-4-3-5-7-15/h14-18H,3-13H2,1-2H3,(H,22,25)(H,23,26)/t16-,17+,18+,21+/m0/s1. The number of likely N-dealkylation sites (tertiary alicyclic amines) is 1. The first-order valence-electron chi connectivity index (χ1n) is 11.0. The molecule has 152 valence electrons. The van der Waals surface area contributed by atoms with Crippen LogP contribution < -0.4 is 10.6 Å². The zero-order valence-corrected chi connectivity index (χ0v) is 16.8. The minimum absolute atomic E-state index is 0.0836. The van der Waals surface area contributed by atoms with Gasteiger partial charge in [0.15, 0.2) is 0 Å². The molecule has 0 aromatic carbocycles. The molecule has 0 aromatic heterocycles. The molecule has 3 amide bonds. The van der Waals surface area contributed by atoms with Crippen LogP contribution in [-0.2, 0) is 9.53 Å². The second-order valence-electron chi connectivity index (χ2n) is 9.60. The van der Waals surface area contributed by atoms with Crippen LogP contribution in [-0.4, -0.2) is 54.2 Å². The molecule has 4 rings (SSSR count). The van der Waals surface area contributed by atoms with E-state index in [4.69, 9.17) is 4.74 Å². The van der Waals surface area contributed by atoms with Gasteiger partial charge >= 0.3 is 6.03 Å². The molecule has 4 aliphatic rings. The summed E-state index contributed by atoms with van der Waals surface area (Å²) in [4.78, 5) is 26.9. The van der Waals surface area contributed by atoms with Crippen molar-refractivity contribution in [2.24, 2.45) is 17.8 Å². The summed E-state index contributed by atoms with van der Waals surface area (Å²) in [5, 5.41) is 6.38. The van der Waals surface area contributed by atoms with Gasteiger partial charge in [0.1, 0.15) is 0 Å². The highest BCUT2D eigenvalue weighted by Gasteiger charge is 2.63. The lowest BCUT2D eigenvalue weighted by atomic mass is 9.73. The van der Waals surface area contributed by atoms with Crippen molar-refractivity contribution in [1.29, 1.82) is 0 Å². The van der Waals surface area contributed by atoms with Gasteiger partial charge in [0.2, 0.25) is 5.91 Å². The molecule has 27 heavy (non-hydrogen) atoms. The van der Waals surface area contributed by atoms with Gasteiger partial charge in [0, 0.05) is 37.4 Å². The van der Waals surface area contributed by atoms with Gasteiger partial charge in [-0.1, -0.05) is 33.1 Å². The van der Waals surface area contributed by atoms with Crippen LogP contribution in [0, 0.1) is 17.8 Å². The van der Waals surface area contributed by atoms with Crippen molar-refractivity contribution >= 4 is 11.9 Å². The molecule has 2 bridgehead atoms.